The number of aromatic nitrogens is 2. The molecule has 0 aliphatic carbocycles. The minimum absolute atomic E-state index is 0.300. The van der Waals surface area contributed by atoms with Gasteiger partial charge in [-0.05, 0) is 30.7 Å². The van der Waals surface area contributed by atoms with E-state index in [9.17, 15) is 4.79 Å². The Balaban J connectivity index is 1.68. The van der Waals surface area contributed by atoms with Gasteiger partial charge in [-0.2, -0.15) is 0 Å². The summed E-state index contributed by atoms with van der Waals surface area (Å²) in [5.41, 5.74) is 0.881. The van der Waals surface area contributed by atoms with Crippen LogP contribution in [-0.4, -0.2) is 22.2 Å². The number of carbonyl (C=O) groups is 1. The summed E-state index contributed by atoms with van der Waals surface area (Å²) in [7, 11) is 0. The standard InChI is InChI=1S/C18H15Cl2N3O2S/c1-2-14(25-15-6-4-3-5-13(15)20)16(24)21-18-23-22-17(26-18)11-7-9-12(19)10-8-11/h3-10,14H,2H2,1H3,(H,21,23,24)/t14-/m1/s1. The van der Waals surface area contributed by atoms with Gasteiger partial charge in [0.15, 0.2) is 6.10 Å². The summed E-state index contributed by atoms with van der Waals surface area (Å²) in [6, 6.07) is 14.3. The summed E-state index contributed by atoms with van der Waals surface area (Å²) in [6.07, 6.45) is -0.197. The van der Waals surface area contributed by atoms with Gasteiger partial charge in [0.2, 0.25) is 5.13 Å². The monoisotopic (exact) mass is 407 g/mol. The number of para-hydroxylation sites is 1. The smallest absolute Gasteiger partial charge is 0.267 e. The van der Waals surface area contributed by atoms with Crippen molar-refractivity contribution in [1.29, 1.82) is 0 Å². The lowest BCUT2D eigenvalue weighted by atomic mass is 10.2. The molecule has 0 radical (unpaired) electrons. The molecule has 3 aromatic rings. The van der Waals surface area contributed by atoms with Crippen LogP contribution in [0.1, 0.15) is 13.3 Å². The average molecular weight is 408 g/mol. The van der Waals surface area contributed by atoms with E-state index >= 15 is 0 Å². The van der Waals surface area contributed by atoms with E-state index in [4.69, 9.17) is 27.9 Å². The van der Waals surface area contributed by atoms with Gasteiger partial charge >= 0.3 is 0 Å². The summed E-state index contributed by atoms with van der Waals surface area (Å²) in [5, 5.41) is 13.1. The second kappa shape index (κ2) is 8.49. The lowest BCUT2D eigenvalue weighted by Crippen LogP contribution is -2.32. The molecule has 0 fully saturated rings. The number of nitrogens with zero attached hydrogens (tertiary/aromatic N) is 2. The molecule has 0 unspecified atom stereocenters. The van der Waals surface area contributed by atoms with Crippen LogP contribution in [0.25, 0.3) is 10.6 Å². The van der Waals surface area contributed by atoms with Crippen molar-refractivity contribution >= 4 is 45.6 Å². The molecule has 1 aromatic heterocycles. The molecule has 1 heterocycles. The van der Waals surface area contributed by atoms with E-state index in [1.54, 1.807) is 36.4 Å². The summed E-state index contributed by atoms with van der Waals surface area (Å²) in [4.78, 5) is 12.5. The van der Waals surface area contributed by atoms with Crippen LogP contribution in [0, 0.1) is 0 Å². The Hall–Kier alpha value is -2.15. The van der Waals surface area contributed by atoms with Crippen LogP contribution < -0.4 is 10.1 Å². The number of anilines is 1. The molecule has 0 saturated carbocycles. The second-order valence-corrected chi connectivity index (χ2v) is 7.17. The quantitative estimate of drug-likeness (QED) is 0.601. The maximum Gasteiger partial charge on any atom is 0.267 e. The molecule has 1 N–H and O–H groups in total. The number of ether oxygens (including phenoxy) is 1. The van der Waals surface area contributed by atoms with Gasteiger partial charge in [-0.25, -0.2) is 0 Å². The van der Waals surface area contributed by atoms with Crippen molar-refractivity contribution in [1.82, 2.24) is 10.2 Å². The molecule has 0 saturated heterocycles. The van der Waals surface area contributed by atoms with Crippen LogP contribution in [0.3, 0.4) is 0 Å². The van der Waals surface area contributed by atoms with Gasteiger partial charge in [0.25, 0.3) is 5.91 Å². The number of nitrogens with one attached hydrogen (secondary N) is 1. The number of carbonyl (C=O) groups excluding carboxylic acids is 1. The Morgan fingerprint density at radius 2 is 1.88 bits per heavy atom. The van der Waals surface area contributed by atoms with Crippen LogP contribution in [0.5, 0.6) is 5.75 Å². The van der Waals surface area contributed by atoms with E-state index in [0.29, 0.717) is 32.4 Å². The number of benzene rings is 2. The number of halogens is 2. The molecule has 0 bridgehead atoms. The zero-order chi connectivity index (χ0) is 18.5. The highest BCUT2D eigenvalue weighted by molar-refractivity contribution is 7.18. The average Bonchev–Trinajstić information content (AvgIpc) is 3.10. The first kappa shape index (κ1) is 18.6. The van der Waals surface area contributed by atoms with E-state index in [0.717, 1.165) is 5.56 Å². The zero-order valence-electron chi connectivity index (χ0n) is 13.8. The Bertz CT molecular complexity index is 899. The van der Waals surface area contributed by atoms with Crippen molar-refractivity contribution in [3.8, 4) is 16.3 Å². The van der Waals surface area contributed by atoms with E-state index in [1.807, 2.05) is 19.1 Å². The van der Waals surface area contributed by atoms with Crippen LogP contribution in [-0.2, 0) is 4.79 Å². The summed E-state index contributed by atoms with van der Waals surface area (Å²) < 4.78 is 5.73. The Morgan fingerprint density at radius 3 is 2.58 bits per heavy atom. The Labute approximate surface area is 164 Å². The molecule has 0 aliphatic rings. The number of hydrogen-bond donors (Lipinski definition) is 1. The Kier molecular flexibility index (Phi) is 6.08. The molecule has 0 aliphatic heterocycles. The number of rotatable bonds is 6. The van der Waals surface area contributed by atoms with Gasteiger partial charge in [-0.1, -0.05) is 65.7 Å². The first-order valence-corrected chi connectivity index (χ1v) is 9.45. The van der Waals surface area contributed by atoms with Crippen LogP contribution in [0.4, 0.5) is 5.13 Å². The van der Waals surface area contributed by atoms with Crippen molar-refractivity contribution < 1.29 is 9.53 Å². The highest BCUT2D eigenvalue weighted by Gasteiger charge is 2.21. The first-order chi connectivity index (χ1) is 12.6. The molecule has 3 rings (SSSR count). The minimum atomic E-state index is -0.683. The molecule has 0 spiro atoms. The molecule has 26 heavy (non-hydrogen) atoms. The van der Waals surface area contributed by atoms with Crippen LogP contribution in [0.2, 0.25) is 10.0 Å². The van der Waals surface area contributed by atoms with Crippen molar-refractivity contribution in [2.75, 3.05) is 5.32 Å². The van der Waals surface area contributed by atoms with Gasteiger partial charge in [0.05, 0.1) is 5.02 Å². The van der Waals surface area contributed by atoms with Gasteiger partial charge in [0, 0.05) is 10.6 Å². The van der Waals surface area contributed by atoms with E-state index < -0.39 is 6.10 Å². The zero-order valence-corrected chi connectivity index (χ0v) is 16.1. The predicted octanol–water partition coefficient (Wildman–Crippen LogP) is 5.31. The summed E-state index contributed by atoms with van der Waals surface area (Å²) in [5.74, 6) is 0.168. The third-order valence-corrected chi connectivity index (χ3v) is 4.97. The molecule has 1 atom stereocenters. The lowest BCUT2D eigenvalue weighted by molar-refractivity contribution is -0.122. The third kappa shape index (κ3) is 4.52. The Morgan fingerprint density at radius 1 is 1.15 bits per heavy atom. The number of hydrogen-bond acceptors (Lipinski definition) is 5. The molecular formula is C18H15Cl2N3O2S. The highest BCUT2D eigenvalue weighted by Crippen LogP contribution is 2.28. The van der Waals surface area contributed by atoms with Crippen molar-refractivity contribution in [2.45, 2.75) is 19.4 Å². The maximum absolute atomic E-state index is 12.5. The van der Waals surface area contributed by atoms with Gasteiger partial charge in [0.1, 0.15) is 10.8 Å². The lowest BCUT2D eigenvalue weighted by Gasteiger charge is -2.17. The van der Waals surface area contributed by atoms with E-state index in [-0.39, 0.29) is 5.91 Å². The van der Waals surface area contributed by atoms with Gasteiger partial charge in [-0.15, -0.1) is 10.2 Å². The SMILES string of the molecule is CC[C@@H](Oc1ccccc1Cl)C(=O)Nc1nnc(-c2ccc(Cl)cc2)s1. The molecule has 2 aromatic carbocycles. The van der Waals surface area contributed by atoms with E-state index in [1.165, 1.54) is 11.3 Å². The van der Waals surface area contributed by atoms with Crippen LogP contribution in [0.15, 0.2) is 48.5 Å². The first-order valence-electron chi connectivity index (χ1n) is 7.88. The van der Waals surface area contributed by atoms with Crippen molar-refractivity contribution in [3.05, 3.63) is 58.6 Å². The molecule has 8 heteroatoms. The fraction of sp³-hybridized carbons (Fsp3) is 0.167. The molecule has 5 nitrogen and oxygen atoms in total. The molecule has 1 amide bonds. The summed E-state index contributed by atoms with van der Waals surface area (Å²) in [6.45, 7) is 1.86. The summed E-state index contributed by atoms with van der Waals surface area (Å²) >= 11 is 13.3. The van der Waals surface area contributed by atoms with Crippen molar-refractivity contribution in [3.63, 3.8) is 0 Å². The minimum Gasteiger partial charge on any atom is -0.479 e. The van der Waals surface area contributed by atoms with Crippen molar-refractivity contribution in [2.24, 2.45) is 0 Å². The normalized spacial score (nSPS) is 11.8. The van der Waals surface area contributed by atoms with Gasteiger partial charge in [-0.3, -0.25) is 10.1 Å². The predicted molar refractivity (Wildman–Crippen MR) is 105 cm³/mol. The van der Waals surface area contributed by atoms with Crippen LogP contribution >= 0.6 is 34.5 Å². The molecular weight excluding hydrogens is 393 g/mol. The fourth-order valence-electron chi connectivity index (χ4n) is 2.18. The highest BCUT2D eigenvalue weighted by atomic mass is 35.5. The molecule has 134 valence electrons. The number of amides is 1. The second-order valence-electron chi connectivity index (χ2n) is 5.35. The fourth-order valence-corrected chi connectivity index (χ4v) is 3.24. The van der Waals surface area contributed by atoms with Gasteiger partial charge < -0.3 is 4.74 Å². The largest absolute Gasteiger partial charge is 0.479 e. The van der Waals surface area contributed by atoms with E-state index in [2.05, 4.69) is 15.5 Å². The third-order valence-electron chi connectivity index (χ3n) is 3.52. The maximum atomic E-state index is 12.5. The topological polar surface area (TPSA) is 64.1 Å².